The van der Waals surface area contributed by atoms with Crippen LogP contribution in [-0.4, -0.2) is 38.8 Å². The highest BCUT2D eigenvalue weighted by atomic mass is 35.5. The fourth-order valence-corrected chi connectivity index (χ4v) is 6.08. The van der Waals surface area contributed by atoms with Gasteiger partial charge in [0.05, 0.1) is 7.11 Å². The molecule has 1 heterocycles. The second-order valence-electron chi connectivity index (χ2n) is 7.91. The molecule has 8 heteroatoms. The molecule has 0 bridgehead atoms. The number of carbonyl (C=O) groups is 1. The van der Waals surface area contributed by atoms with Gasteiger partial charge in [0.15, 0.2) is 0 Å². The Bertz CT molecular complexity index is 1080. The fraction of sp³-hybridized carbons (Fsp3) is 0.458. The average molecular weight is 479 g/mol. The molecule has 1 fully saturated rings. The molecule has 0 aliphatic carbocycles. The molecule has 1 N–H and O–H groups in total. The van der Waals surface area contributed by atoms with Gasteiger partial charge in [0.2, 0.25) is 10.0 Å². The highest BCUT2D eigenvalue weighted by molar-refractivity contribution is 7.89. The van der Waals surface area contributed by atoms with Crippen molar-refractivity contribution in [2.24, 2.45) is 0 Å². The van der Waals surface area contributed by atoms with E-state index in [9.17, 15) is 13.2 Å². The third-order valence-electron chi connectivity index (χ3n) is 5.92. The number of anilines is 1. The zero-order valence-corrected chi connectivity index (χ0v) is 20.5. The summed E-state index contributed by atoms with van der Waals surface area (Å²) < 4.78 is 33.6. The topological polar surface area (TPSA) is 75.7 Å². The first kappa shape index (κ1) is 24.6. The summed E-state index contributed by atoms with van der Waals surface area (Å²) in [5.41, 5.74) is 2.79. The van der Waals surface area contributed by atoms with Crippen molar-refractivity contribution in [3.63, 3.8) is 0 Å². The summed E-state index contributed by atoms with van der Waals surface area (Å²) in [7, 11) is -2.35. The van der Waals surface area contributed by atoms with Crippen molar-refractivity contribution >= 4 is 33.2 Å². The van der Waals surface area contributed by atoms with E-state index in [2.05, 4.69) is 5.32 Å². The first-order chi connectivity index (χ1) is 15.3. The molecular formula is C24H31ClN2O4S. The molecule has 1 saturated heterocycles. The molecule has 1 amide bonds. The molecule has 0 aromatic heterocycles. The van der Waals surface area contributed by atoms with Crippen LogP contribution in [0.5, 0.6) is 5.75 Å². The number of methoxy groups -OCH3 is 1. The van der Waals surface area contributed by atoms with E-state index < -0.39 is 10.0 Å². The van der Waals surface area contributed by atoms with Gasteiger partial charge in [0, 0.05) is 29.4 Å². The Morgan fingerprint density at radius 2 is 1.75 bits per heavy atom. The Kier molecular flexibility index (Phi) is 8.20. The number of nitrogens with one attached hydrogen (secondary N) is 1. The maximum atomic E-state index is 13.4. The summed E-state index contributed by atoms with van der Waals surface area (Å²) in [5, 5.41) is 3.57. The van der Waals surface area contributed by atoms with E-state index in [1.807, 2.05) is 26.0 Å². The molecule has 6 nitrogen and oxygen atoms in total. The van der Waals surface area contributed by atoms with Crippen molar-refractivity contribution in [1.82, 2.24) is 4.31 Å². The number of amides is 1. The molecule has 0 saturated carbocycles. The average Bonchev–Trinajstić information content (AvgIpc) is 3.09. The van der Waals surface area contributed by atoms with Gasteiger partial charge < -0.3 is 10.1 Å². The lowest BCUT2D eigenvalue weighted by Crippen LogP contribution is -2.32. The number of rotatable bonds is 7. The normalized spacial score (nSPS) is 15.2. The molecule has 2 aromatic carbocycles. The van der Waals surface area contributed by atoms with E-state index in [1.54, 1.807) is 12.1 Å². The lowest BCUT2D eigenvalue weighted by Gasteiger charge is -2.22. The van der Waals surface area contributed by atoms with Crippen molar-refractivity contribution in [3.05, 3.63) is 52.0 Å². The molecule has 0 radical (unpaired) electrons. The van der Waals surface area contributed by atoms with Crippen LogP contribution in [0, 0.1) is 0 Å². The minimum Gasteiger partial charge on any atom is -0.495 e. The van der Waals surface area contributed by atoms with Crippen LogP contribution in [0.2, 0.25) is 5.02 Å². The molecule has 0 atom stereocenters. The van der Waals surface area contributed by atoms with Crippen LogP contribution in [0.15, 0.2) is 35.2 Å². The van der Waals surface area contributed by atoms with Crippen LogP contribution in [0.25, 0.3) is 0 Å². The van der Waals surface area contributed by atoms with Crippen molar-refractivity contribution < 1.29 is 17.9 Å². The lowest BCUT2D eigenvalue weighted by atomic mass is 10.0. The Morgan fingerprint density at radius 3 is 2.34 bits per heavy atom. The molecule has 2 aromatic rings. The first-order valence-corrected chi connectivity index (χ1v) is 12.9. The number of hydrogen-bond donors (Lipinski definition) is 1. The second kappa shape index (κ2) is 10.7. The largest absolute Gasteiger partial charge is 0.495 e. The number of hydrogen-bond acceptors (Lipinski definition) is 4. The van der Waals surface area contributed by atoms with Crippen molar-refractivity contribution in [2.45, 2.75) is 57.3 Å². The minimum absolute atomic E-state index is 0.0204. The van der Waals surface area contributed by atoms with Crippen LogP contribution >= 0.6 is 11.6 Å². The lowest BCUT2D eigenvalue weighted by molar-refractivity contribution is 0.102. The van der Waals surface area contributed by atoms with Crippen molar-refractivity contribution in [2.75, 3.05) is 25.5 Å². The van der Waals surface area contributed by atoms with Gasteiger partial charge in [-0.3, -0.25) is 4.79 Å². The maximum Gasteiger partial charge on any atom is 0.255 e. The van der Waals surface area contributed by atoms with E-state index >= 15 is 0 Å². The monoisotopic (exact) mass is 478 g/mol. The molecule has 32 heavy (non-hydrogen) atoms. The zero-order valence-electron chi connectivity index (χ0n) is 18.9. The summed E-state index contributed by atoms with van der Waals surface area (Å²) in [6.45, 7) is 4.95. The molecule has 0 unspecified atom stereocenters. The van der Waals surface area contributed by atoms with Gasteiger partial charge in [0.1, 0.15) is 10.6 Å². The van der Waals surface area contributed by atoms with Crippen LogP contribution in [-0.2, 0) is 22.9 Å². The van der Waals surface area contributed by atoms with Crippen molar-refractivity contribution in [1.29, 1.82) is 0 Å². The number of sulfonamides is 1. The number of aryl methyl sites for hydroxylation is 1. The maximum absolute atomic E-state index is 13.4. The standard InChI is InChI=1S/C24H31ClN2O4S/c1-4-17-10-12-20(25)19(5-2)23(17)26-24(28)18-11-13-21(31-3)22(16-18)32(29,30)27-14-8-6-7-9-15-27/h10-13,16H,4-9,14-15H2,1-3H3,(H,26,28). The van der Waals surface area contributed by atoms with E-state index in [4.69, 9.17) is 16.3 Å². The minimum atomic E-state index is -3.78. The summed E-state index contributed by atoms with van der Waals surface area (Å²) >= 11 is 6.36. The number of halogens is 1. The first-order valence-electron chi connectivity index (χ1n) is 11.1. The molecule has 174 valence electrons. The molecule has 1 aliphatic rings. The van der Waals surface area contributed by atoms with Gasteiger partial charge in [-0.05, 0) is 61.1 Å². The van der Waals surface area contributed by atoms with Crippen LogP contribution in [0.3, 0.4) is 0 Å². The van der Waals surface area contributed by atoms with Gasteiger partial charge in [-0.2, -0.15) is 4.31 Å². The van der Waals surface area contributed by atoms with E-state index in [0.717, 1.165) is 43.2 Å². The SMILES string of the molecule is CCc1ccc(Cl)c(CC)c1NC(=O)c1ccc(OC)c(S(=O)(=O)N2CCCCCC2)c1. The van der Waals surface area contributed by atoms with Gasteiger partial charge >= 0.3 is 0 Å². The highest BCUT2D eigenvalue weighted by Crippen LogP contribution is 2.32. The number of ether oxygens (including phenoxy) is 1. The van der Waals surface area contributed by atoms with E-state index in [-0.39, 0.29) is 22.1 Å². The Balaban J connectivity index is 1.98. The van der Waals surface area contributed by atoms with Crippen LogP contribution in [0.1, 0.15) is 61.0 Å². The Morgan fingerprint density at radius 1 is 1.06 bits per heavy atom. The molecule has 1 aliphatic heterocycles. The van der Waals surface area contributed by atoms with Gasteiger partial charge in [-0.15, -0.1) is 0 Å². The summed E-state index contributed by atoms with van der Waals surface area (Å²) in [5.74, 6) is -0.149. The smallest absolute Gasteiger partial charge is 0.255 e. The zero-order chi connectivity index (χ0) is 23.3. The van der Waals surface area contributed by atoms with Crippen molar-refractivity contribution in [3.8, 4) is 5.75 Å². The summed E-state index contributed by atoms with van der Waals surface area (Å²) in [4.78, 5) is 13.2. The summed E-state index contributed by atoms with van der Waals surface area (Å²) in [6, 6.07) is 8.28. The third kappa shape index (κ3) is 5.11. The number of nitrogens with zero attached hydrogens (tertiary/aromatic N) is 1. The predicted octanol–water partition coefficient (Wildman–Crippen LogP) is 5.29. The predicted molar refractivity (Wildman–Crippen MR) is 128 cm³/mol. The molecular weight excluding hydrogens is 448 g/mol. The Hall–Kier alpha value is -2.09. The van der Waals surface area contributed by atoms with Gasteiger partial charge in [-0.25, -0.2) is 8.42 Å². The Labute approximate surface area is 196 Å². The summed E-state index contributed by atoms with van der Waals surface area (Å²) in [6.07, 6.45) is 5.10. The molecule has 0 spiro atoms. The van der Waals surface area contributed by atoms with Crippen LogP contribution < -0.4 is 10.1 Å². The van der Waals surface area contributed by atoms with Gasteiger partial charge in [0.25, 0.3) is 5.91 Å². The number of benzene rings is 2. The molecule has 3 rings (SSSR count). The van der Waals surface area contributed by atoms with E-state index in [1.165, 1.54) is 17.5 Å². The van der Waals surface area contributed by atoms with Gasteiger partial charge in [-0.1, -0.05) is 44.4 Å². The number of carbonyl (C=O) groups excluding carboxylic acids is 1. The second-order valence-corrected chi connectivity index (χ2v) is 10.2. The quantitative estimate of drug-likeness (QED) is 0.586. The van der Waals surface area contributed by atoms with Crippen LogP contribution in [0.4, 0.5) is 5.69 Å². The highest BCUT2D eigenvalue weighted by Gasteiger charge is 2.29. The third-order valence-corrected chi connectivity index (χ3v) is 8.20. The fourth-order valence-electron chi connectivity index (χ4n) is 4.09. The van der Waals surface area contributed by atoms with E-state index in [0.29, 0.717) is 30.2 Å².